The van der Waals surface area contributed by atoms with Gasteiger partial charge in [-0.1, -0.05) is 6.92 Å². The maximum Gasteiger partial charge on any atom is 0.118 e. The summed E-state index contributed by atoms with van der Waals surface area (Å²) in [6, 6.07) is 2.14. The highest BCUT2D eigenvalue weighted by Crippen LogP contribution is 2.27. The maximum atomic E-state index is 6.08. The molecule has 0 aliphatic heterocycles. The lowest BCUT2D eigenvalue weighted by atomic mass is 9.89. The van der Waals surface area contributed by atoms with Crippen LogP contribution in [-0.4, -0.2) is 11.6 Å². The molecule has 1 N–H and O–H groups in total. The molecule has 1 aliphatic rings. The number of ether oxygens (including phenoxy) is 1. The average Bonchev–Trinajstić information content (AvgIpc) is 2.76. The van der Waals surface area contributed by atoms with E-state index in [1.54, 1.807) is 0 Å². The predicted octanol–water partition coefficient (Wildman–Crippen LogP) is 4.57. The van der Waals surface area contributed by atoms with Gasteiger partial charge in [0.1, 0.15) is 11.5 Å². The molecule has 1 heterocycles. The van der Waals surface area contributed by atoms with E-state index in [4.69, 9.17) is 9.15 Å². The second kappa shape index (κ2) is 6.97. The number of rotatable bonds is 5. The molecule has 0 atom stereocenters. The van der Waals surface area contributed by atoms with Crippen LogP contribution in [0.4, 0.5) is 0 Å². The van der Waals surface area contributed by atoms with E-state index >= 15 is 0 Å². The van der Waals surface area contributed by atoms with Crippen molar-refractivity contribution in [2.45, 2.75) is 85.1 Å². The minimum atomic E-state index is 0.107. The van der Waals surface area contributed by atoms with Crippen LogP contribution in [0.1, 0.15) is 70.5 Å². The van der Waals surface area contributed by atoms with Crippen molar-refractivity contribution in [3.63, 3.8) is 0 Å². The van der Waals surface area contributed by atoms with Crippen molar-refractivity contribution in [3.05, 3.63) is 23.2 Å². The lowest BCUT2D eigenvalue weighted by molar-refractivity contribution is 0.00831. The molecule has 0 aromatic carbocycles. The van der Waals surface area contributed by atoms with Crippen molar-refractivity contribution in [3.8, 4) is 0 Å². The van der Waals surface area contributed by atoms with Crippen LogP contribution in [0, 0.1) is 12.8 Å². The summed E-state index contributed by atoms with van der Waals surface area (Å²) in [6.07, 6.45) is 5.45. The summed E-state index contributed by atoms with van der Waals surface area (Å²) in [5, 5.41) is 3.45. The van der Waals surface area contributed by atoms with Gasteiger partial charge in [-0.3, -0.25) is 0 Å². The van der Waals surface area contributed by atoms with Crippen LogP contribution >= 0.6 is 0 Å². The Morgan fingerprint density at radius 3 is 2.52 bits per heavy atom. The molecule has 1 aromatic heterocycles. The van der Waals surface area contributed by atoms with E-state index in [9.17, 15) is 0 Å². The van der Waals surface area contributed by atoms with Gasteiger partial charge in [-0.2, -0.15) is 0 Å². The zero-order valence-corrected chi connectivity index (χ0v) is 14.3. The average molecular weight is 293 g/mol. The third-order valence-electron chi connectivity index (χ3n) is 4.30. The number of nitrogens with one attached hydrogen (secondary N) is 1. The lowest BCUT2D eigenvalue weighted by Crippen LogP contribution is -2.34. The van der Waals surface area contributed by atoms with Crippen LogP contribution < -0.4 is 5.32 Å². The zero-order valence-electron chi connectivity index (χ0n) is 14.3. The Morgan fingerprint density at radius 2 is 1.90 bits per heavy atom. The van der Waals surface area contributed by atoms with Gasteiger partial charge in [0.15, 0.2) is 0 Å². The van der Waals surface area contributed by atoms with Crippen LogP contribution in [0.5, 0.6) is 0 Å². The summed E-state index contributed by atoms with van der Waals surface area (Å²) >= 11 is 0. The number of furan rings is 1. The van der Waals surface area contributed by atoms with Crippen LogP contribution in [0.25, 0.3) is 0 Å². The van der Waals surface area contributed by atoms with Gasteiger partial charge in [-0.05, 0) is 65.4 Å². The van der Waals surface area contributed by atoms with Crippen LogP contribution in [0.3, 0.4) is 0 Å². The summed E-state index contributed by atoms with van der Waals surface area (Å²) < 4.78 is 11.9. The van der Waals surface area contributed by atoms with Gasteiger partial charge in [0.2, 0.25) is 0 Å². The summed E-state index contributed by atoms with van der Waals surface area (Å²) in [4.78, 5) is 0. The van der Waals surface area contributed by atoms with Gasteiger partial charge in [0.05, 0.1) is 19.3 Å². The molecule has 1 saturated carbocycles. The fraction of sp³-hybridized carbons (Fsp3) is 0.778. The maximum absolute atomic E-state index is 6.08. The highest BCUT2D eigenvalue weighted by molar-refractivity contribution is 5.20. The molecule has 1 aromatic rings. The number of aryl methyl sites for hydroxylation is 1. The Kier molecular flexibility index (Phi) is 5.50. The molecule has 0 unspecified atom stereocenters. The van der Waals surface area contributed by atoms with Gasteiger partial charge in [0, 0.05) is 11.1 Å². The summed E-state index contributed by atoms with van der Waals surface area (Å²) in [5.74, 6) is 2.86. The Hall–Kier alpha value is -0.800. The Balaban J connectivity index is 1.82. The van der Waals surface area contributed by atoms with Crippen LogP contribution in [-0.2, 0) is 17.9 Å². The molecule has 0 radical (unpaired) electrons. The fourth-order valence-corrected chi connectivity index (χ4v) is 2.77. The molecule has 0 amide bonds. The lowest BCUT2D eigenvalue weighted by Gasteiger charge is -2.26. The quantitative estimate of drug-likeness (QED) is 0.863. The molecule has 3 nitrogen and oxygen atoms in total. The molecule has 0 saturated heterocycles. The summed E-state index contributed by atoms with van der Waals surface area (Å²) in [6.45, 7) is 12.3. The van der Waals surface area contributed by atoms with Crippen molar-refractivity contribution < 1.29 is 9.15 Å². The minimum absolute atomic E-state index is 0.107. The molecule has 1 aliphatic carbocycles. The molecule has 3 heteroatoms. The van der Waals surface area contributed by atoms with Crippen molar-refractivity contribution in [2.75, 3.05) is 0 Å². The van der Waals surface area contributed by atoms with Crippen molar-refractivity contribution in [1.82, 2.24) is 5.32 Å². The molecule has 0 bridgehead atoms. The van der Waals surface area contributed by atoms with Gasteiger partial charge in [-0.25, -0.2) is 0 Å². The van der Waals surface area contributed by atoms with Crippen LogP contribution in [0.2, 0.25) is 0 Å². The number of hydrogen-bond donors (Lipinski definition) is 1. The zero-order chi connectivity index (χ0) is 15.5. The van der Waals surface area contributed by atoms with Crippen LogP contribution in [0.15, 0.2) is 10.5 Å². The van der Waals surface area contributed by atoms with E-state index < -0.39 is 0 Å². The molecule has 0 spiro atoms. The fourth-order valence-electron chi connectivity index (χ4n) is 2.77. The first-order valence-corrected chi connectivity index (χ1v) is 8.28. The van der Waals surface area contributed by atoms with Crippen molar-refractivity contribution in [1.29, 1.82) is 0 Å². The summed E-state index contributed by atoms with van der Waals surface area (Å²) in [7, 11) is 0. The molecule has 120 valence electrons. The monoisotopic (exact) mass is 293 g/mol. The molecule has 1 fully saturated rings. The van der Waals surface area contributed by atoms with E-state index in [-0.39, 0.29) is 5.54 Å². The predicted molar refractivity (Wildman–Crippen MR) is 86.2 cm³/mol. The highest BCUT2D eigenvalue weighted by atomic mass is 16.5. The van der Waals surface area contributed by atoms with Gasteiger partial charge >= 0.3 is 0 Å². The van der Waals surface area contributed by atoms with Gasteiger partial charge in [-0.15, -0.1) is 0 Å². The van der Waals surface area contributed by atoms with E-state index in [1.807, 2.05) is 6.92 Å². The van der Waals surface area contributed by atoms with E-state index in [2.05, 4.69) is 39.1 Å². The van der Waals surface area contributed by atoms with Crippen molar-refractivity contribution >= 4 is 0 Å². The number of hydrogen-bond acceptors (Lipinski definition) is 3. The second-order valence-corrected chi connectivity index (χ2v) is 7.59. The summed E-state index contributed by atoms with van der Waals surface area (Å²) in [5.41, 5.74) is 1.30. The third kappa shape index (κ3) is 5.48. The topological polar surface area (TPSA) is 34.4 Å². The van der Waals surface area contributed by atoms with Gasteiger partial charge in [0.25, 0.3) is 0 Å². The second-order valence-electron chi connectivity index (χ2n) is 7.59. The first-order valence-electron chi connectivity index (χ1n) is 8.28. The standard InChI is InChI=1S/C18H31NO2/c1-13-6-8-16(9-7-13)20-12-15-10-17(21-14(15)2)11-19-18(3,4)5/h10,13,16,19H,6-9,11-12H2,1-5H3. The minimum Gasteiger partial charge on any atom is -0.465 e. The Morgan fingerprint density at radius 1 is 1.24 bits per heavy atom. The smallest absolute Gasteiger partial charge is 0.118 e. The SMILES string of the molecule is Cc1oc(CNC(C)(C)C)cc1COC1CCC(C)CC1. The molecular weight excluding hydrogens is 262 g/mol. The molecular formula is C18H31NO2. The Labute approximate surface area is 129 Å². The Bertz CT molecular complexity index is 437. The van der Waals surface area contributed by atoms with E-state index in [0.717, 1.165) is 24.0 Å². The van der Waals surface area contributed by atoms with Crippen molar-refractivity contribution in [2.24, 2.45) is 5.92 Å². The first-order chi connectivity index (χ1) is 9.83. The van der Waals surface area contributed by atoms with E-state index in [1.165, 1.54) is 31.2 Å². The molecule has 2 rings (SSSR count). The largest absolute Gasteiger partial charge is 0.465 e. The molecule has 21 heavy (non-hydrogen) atoms. The van der Waals surface area contributed by atoms with Gasteiger partial charge < -0.3 is 14.5 Å². The van der Waals surface area contributed by atoms with E-state index in [0.29, 0.717) is 12.7 Å². The first kappa shape index (κ1) is 16.6. The third-order valence-corrected chi connectivity index (χ3v) is 4.30. The normalized spacial score (nSPS) is 23.5. The highest BCUT2D eigenvalue weighted by Gasteiger charge is 2.19.